The van der Waals surface area contributed by atoms with Crippen molar-refractivity contribution in [2.24, 2.45) is 0 Å². The Hall–Kier alpha value is -3.46. The molecule has 0 aliphatic heterocycles. The predicted molar refractivity (Wildman–Crippen MR) is 87.3 cm³/mol. The molecule has 0 bridgehead atoms. The quantitative estimate of drug-likeness (QED) is 0.591. The van der Waals surface area contributed by atoms with Crippen molar-refractivity contribution in [3.05, 3.63) is 65.2 Å². The molecule has 0 spiro atoms. The van der Waals surface area contributed by atoms with Gasteiger partial charge < -0.3 is 9.72 Å². The number of allylic oxidation sites excluding steroid dienone is 1. The number of benzene rings is 2. The molecule has 1 heterocycles. The lowest BCUT2D eigenvalue weighted by Gasteiger charge is -2.00. The summed E-state index contributed by atoms with van der Waals surface area (Å²) in [6.07, 6.45) is 1.63. The molecule has 1 aromatic heterocycles. The third-order valence-electron chi connectivity index (χ3n) is 3.46. The van der Waals surface area contributed by atoms with Crippen molar-refractivity contribution in [1.82, 2.24) is 9.97 Å². The first-order chi connectivity index (χ1) is 11.6. The van der Waals surface area contributed by atoms with E-state index in [0.29, 0.717) is 28.0 Å². The Morgan fingerprint density at radius 2 is 2.04 bits per heavy atom. The number of methoxy groups -OCH3 is 1. The second-order valence-electron chi connectivity index (χ2n) is 5.03. The van der Waals surface area contributed by atoms with Crippen LogP contribution in [-0.4, -0.2) is 23.0 Å². The Bertz CT molecular complexity index is 982. The molecular formula is C18H12FN3O2. The molecule has 1 N–H and O–H groups in total. The number of ether oxygens (including phenoxy) is 1. The first-order valence-electron chi connectivity index (χ1n) is 7.06. The van der Waals surface area contributed by atoms with E-state index in [1.54, 1.807) is 36.4 Å². The lowest BCUT2D eigenvalue weighted by atomic mass is 10.1. The monoisotopic (exact) mass is 321 g/mol. The van der Waals surface area contributed by atoms with Gasteiger partial charge in [-0.3, -0.25) is 0 Å². The van der Waals surface area contributed by atoms with Crippen molar-refractivity contribution in [2.45, 2.75) is 0 Å². The fraction of sp³-hybridized carbons (Fsp3) is 0.0556. The SMILES string of the molecule is COC(=O)c1ccc(/C=C(/C#N)c2nc3ccc(F)cc3[nH]2)cc1. The maximum Gasteiger partial charge on any atom is 0.337 e. The zero-order valence-corrected chi connectivity index (χ0v) is 12.7. The molecule has 0 unspecified atom stereocenters. The fourth-order valence-electron chi connectivity index (χ4n) is 2.26. The van der Waals surface area contributed by atoms with E-state index < -0.39 is 5.97 Å². The minimum atomic E-state index is -0.426. The molecule has 0 atom stereocenters. The van der Waals surface area contributed by atoms with Crippen molar-refractivity contribution in [2.75, 3.05) is 7.11 Å². The lowest BCUT2D eigenvalue weighted by molar-refractivity contribution is 0.0600. The van der Waals surface area contributed by atoms with Gasteiger partial charge >= 0.3 is 5.97 Å². The number of halogens is 1. The molecule has 3 rings (SSSR count). The van der Waals surface area contributed by atoms with Crippen molar-refractivity contribution in [3.8, 4) is 6.07 Å². The first-order valence-corrected chi connectivity index (χ1v) is 7.06. The molecule has 0 saturated carbocycles. The topological polar surface area (TPSA) is 78.8 Å². The van der Waals surface area contributed by atoms with Gasteiger partial charge in [0.05, 0.1) is 29.3 Å². The largest absolute Gasteiger partial charge is 0.465 e. The molecule has 0 saturated heterocycles. The normalized spacial score (nSPS) is 11.3. The zero-order chi connectivity index (χ0) is 17.1. The minimum absolute atomic E-state index is 0.303. The van der Waals surface area contributed by atoms with Gasteiger partial charge in [0.15, 0.2) is 0 Å². The zero-order valence-electron chi connectivity index (χ0n) is 12.7. The van der Waals surface area contributed by atoms with Gasteiger partial charge in [0.2, 0.25) is 0 Å². The highest BCUT2D eigenvalue weighted by molar-refractivity contribution is 5.92. The molecular weight excluding hydrogens is 309 g/mol. The molecule has 0 aliphatic carbocycles. The predicted octanol–water partition coefficient (Wildman–Crippen LogP) is 3.55. The standard InChI is InChI=1S/C18H12FN3O2/c1-24-18(23)12-4-2-11(3-5-12)8-13(10-20)17-21-15-7-6-14(19)9-16(15)22-17/h2-9H,1H3,(H,21,22)/b13-8-. The average molecular weight is 321 g/mol. The maximum absolute atomic E-state index is 13.2. The Balaban J connectivity index is 1.96. The summed E-state index contributed by atoms with van der Waals surface area (Å²) < 4.78 is 17.9. The van der Waals surface area contributed by atoms with Crippen LogP contribution in [0.4, 0.5) is 4.39 Å². The molecule has 2 aromatic carbocycles. The smallest absolute Gasteiger partial charge is 0.337 e. The molecule has 118 valence electrons. The fourth-order valence-corrected chi connectivity index (χ4v) is 2.26. The number of aromatic amines is 1. The van der Waals surface area contributed by atoms with Crippen LogP contribution >= 0.6 is 0 Å². The van der Waals surface area contributed by atoms with Gasteiger partial charge in [0.25, 0.3) is 0 Å². The van der Waals surface area contributed by atoms with E-state index in [0.717, 1.165) is 5.56 Å². The number of rotatable bonds is 3. The minimum Gasteiger partial charge on any atom is -0.465 e. The second kappa shape index (κ2) is 6.34. The van der Waals surface area contributed by atoms with Gasteiger partial charge in [-0.2, -0.15) is 5.26 Å². The number of aromatic nitrogens is 2. The summed E-state index contributed by atoms with van der Waals surface area (Å²) in [7, 11) is 1.31. The van der Waals surface area contributed by atoms with Crippen LogP contribution in [0.15, 0.2) is 42.5 Å². The molecule has 3 aromatic rings. The summed E-state index contributed by atoms with van der Waals surface area (Å²) in [5.41, 5.74) is 2.55. The molecule has 5 nitrogen and oxygen atoms in total. The van der Waals surface area contributed by atoms with Gasteiger partial charge in [-0.25, -0.2) is 14.2 Å². The average Bonchev–Trinajstić information content (AvgIpc) is 3.02. The number of nitrogens with one attached hydrogen (secondary N) is 1. The highest BCUT2D eigenvalue weighted by Gasteiger charge is 2.09. The van der Waals surface area contributed by atoms with Crippen LogP contribution in [0.1, 0.15) is 21.7 Å². The Kier molecular flexibility index (Phi) is 4.08. The van der Waals surface area contributed by atoms with Crippen molar-refractivity contribution >= 4 is 28.7 Å². The van der Waals surface area contributed by atoms with Crippen LogP contribution < -0.4 is 0 Å². The number of nitrogens with zero attached hydrogens (tertiary/aromatic N) is 2. The number of hydrogen-bond donors (Lipinski definition) is 1. The number of carbonyl (C=O) groups is 1. The summed E-state index contributed by atoms with van der Waals surface area (Å²) in [5.74, 6) is -0.445. The van der Waals surface area contributed by atoms with Crippen molar-refractivity contribution in [3.63, 3.8) is 0 Å². The number of imidazole rings is 1. The van der Waals surface area contributed by atoms with E-state index in [4.69, 9.17) is 0 Å². The van der Waals surface area contributed by atoms with Crippen LogP contribution in [-0.2, 0) is 4.74 Å². The first kappa shape index (κ1) is 15.4. The van der Waals surface area contributed by atoms with Gasteiger partial charge in [-0.05, 0) is 42.0 Å². The number of fused-ring (bicyclic) bond motifs is 1. The third-order valence-corrected chi connectivity index (χ3v) is 3.46. The van der Waals surface area contributed by atoms with E-state index in [2.05, 4.69) is 20.8 Å². The number of hydrogen-bond acceptors (Lipinski definition) is 4. The van der Waals surface area contributed by atoms with Gasteiger partial charge in [-0.15, -0.1) is 0 Å². The number of H-pyrrole nitrogens is 1. The highest BCUT2D eigenvalue weighted by atomic mass is 19.1. The third kappa shape index (κ3) is 3.01. The van der Waals surface area contributed by atoms with Crippen molar-refractivity contribution in [1.29, 1.82) is 5.26 Å². The van der Waals surface area contributed by atoms with E-state index >= 15 is 0 Å². The molecule has 0 aliphatic rings. The van der Waals surface area contributed by atoms with Crippen LogP contribution in [0.3, 0.4) is 0 Å². The van der Waals surface area contributed by atoms with E-state index in [1.165, 1.54) is 19.2 Å². The number of nitriles is 1. The summed E-state index contributed by atoms with van der Waals surface area (Å²) in [6.45, 7) is 0. The molecule has 0 fully saturated rings. The van der Waals surface area contributed by atoms with Gasteiger partial charge in [0.1, 0.15) is 17.7 Å². The van der Waals surface area contributed by atoms with Crippen LogP contribution in [0, 0.1) is 17.1 Å². The number of carbonyl (C=O) groups excluding carboxylic acids is 1. The highest BCUT2D eigenvalue weighted by Crippen LogP contribution is 2.20. The summed E-state index contributed by atoms with van der Waals surface area (Å²) in [4.78, 5) is 18.6. The van der Waals surface area contributed by atoms with E-state index in [9.17, 15) is 14.4 Å². The van der Waals surface area contributed by atoms with Crippen LogP contribution in [0.5, 0.6) is 0 Å². The Labute approximate surface area is 137 Å². The van der Waals surface area contributed by atoms with Crippen molar-refractivity contribution < 1.29 is 13.9 Å². The Morgan fingerprint density at radius 3 is 2.71 bits per heavy atom. The summed E-state index contributed by atoms with van der Waals surface area (Å²) >= 11 is 0. The molecule has 0 amide bonds. The summed E-state index contributed by atoms with van der Waals surface area (Å²) in [6, 6.07) is 12.9. The molecule has 0 radical (unpaired) electrons. The molecule has 24 heavy (non-hydrogen) atoms. The molecule has 6 heteroatoms. The lowest BCUT2D eigenvalue weighted by Crippen LogP contribution is -2.00. The van der Waals surface area contributed by atoms with Gasteiger partial charge in [-0.1, -0.05) is 12.1 Å². The van der Waals surface area contributed by atoms with Crippen LogP contribution in [0.25, 0.3) is 22.7 Å². The van der Waals surface area contributed by atoms with E-state index in [-0.39, 0.29) is 5.82 Å². The van der Waals surface area contributed by atoms with Crippen LogP contribution in [0.2, 0.25) is 0 Å². The second-order valence-corrected chi connectivity index (χ2v) is 5.03. The number of esters is 1. The van der Waals surface area contributed by atoms with Gasteiger partial charge in [0, 0.05) is 0 Å². The summed E-state index contributed by atoms with van der Waals surface area (Å²) in [5, 5.41) is 9.37. The van der Waals surface area contributed by atoms with E-state index in [1.807, 2.05) is 0 Å². The Morgan fingerprint density at radius 1 is 1.29 bits per heavy atom. The maximum atomic E-state index is 13.2.